The minimum absolute atomic E-state index is 1.16. The van der Waals surface area contributed by atoms with Crippen LogP contribution >= 0.6 is 0 Å². The van der Waals surface area contributed by atoms with Crippen LogP contribution in [0, 0.1) is 0 Å². The Morgan fingerprint density at radius 2 is 0.667 bits per heavy atom. The Hall–Kier alpha value is -6.06. The third-order valence-electron chi connectivity index (χ3n) is 9.42. The molecule has 10 rings (SSSR count). The molecule has 7 aromatic carbocycles. The zero-order valence-electron chi connectivity index (χ0n) is 24.4. The van der Waals surface area contributed by atoms with Gasteiger partial charge in [0.05, 0.1) is 38.8 Å². The summed E-state index contributed by atoms with van der Waals surface area (Å²) in [5.41, 5.74) is 10.7. The third kappa shape index (κ3) is 3.30. The molecular weight excluding hydrogens is 546 g/mol. The molecule has 0 radical (unpaired) electrons. The highest BCUT2D eigenvalue weighted by atomic mass is 15.0. The fraction of sp³-hybridized carbons (Fsp3) is 0. The van der Waals surface area contributed by atoms with Gasteiger partial charge in [0.25, 0.3) is 0 Å². The van der Waals surface area contributed by atoms with Crippen molar-refractivity contribution < 1.29 is 0 Å². The number of hydrogen-bond donors (Lipinski definition) is 0. The standard InChI is InChI=1S/C42H27N3/c1-3-14-28(15-4-1)43-35-23-12-9-20-32(35)40-38(43)26-27-39-42(40)41-36(44(39)29-16-5-2-6-17-29)24-13-25-37(41)45-33-21-10-7-18-30(33)31-19-8-11-22-34(31)45/h1-27H. The van der Waals surface area contributed by atoms with E-state index in [1.807, 2.05) is 0 Å². The molecule has 3 aromatic heterocycles. The Morgan fingerprint density at radius 1 is 0.244 bits per heavy atom. The smallest absolute Gasteiger partial charge is 0.0562 e. The Labute approximate surface area is 259 Å². The molecule has 0 unspecified atom stereocenters. The quantitative estimate of drug-likeness (QED) is 0.200. The zero-order chi connectivity index (χ0) is 29.5. The Bertz CT molecular complexity index is 2690. The second-order valence-electron chi connectivity index (χ2n) is 11.8. The molecule has 0 saturated carbocycles. The maximum Gasteiger partial charge on any atom is 0.0562 e. The monoisotopic (exact) mass is 573 g/mol. The molecule has 3 heterocycles. The van der Waals surface area contributed by atoms with Crippen molar-refractivity contribution in [3.05, 3.63) is 164 Å². The van der Waals surface area contributed by atoms with Crippen LogP contribution in [0.1, 0.15) is 0 Å². The van der Waals surface area contributed by atoms with Crippen LogP contribution in [0.3, 0.4) is 0 Å². The van der Waals surface area contributed by atoms with Crippen LogP contribution in [0.5, 0.6) is 0 Å². The topological polar surface area (TPSA) is 14.8 Å². The lowest BCUT2D eigenvalue weighted by molar-refractivity contribution is 1.17. The SMILES string of the molecule is c1ccc(-n2c3ccccc3c3c4c5c(-n6c7ccccc7c7ccccc76)cccc5n(-c5ccccc5)c4ccc32)cc1. The first-order valence-electron chi connectivity index (χ1n) is 15.5. The van der Waals surface area contributed by atoms with Gasteiger partial charge >= 0.3 is 0 Å². The minimum Gasteiger partial charge on any atom is -0.309 e. The average molecular weight is 574 g/mol. The van der Waals surface area contributed by atoms with Crippen molar-refractivity contribution in [2.75, 3.05) is 0 Å². The minimum atomic E-state index is 1.16. The van der Waals surface area contributed by atoms with E-state index in [4.69, 9.17) is 0 Å². The number of hydrogen-bond acceptors (Lipinski definition) is 0. The molecule has 0 bridgehead atoms. The van der Waals surface area contributed by atoms with E-state index in [2.05, 4.69) is 177 Å². The van der Waals surface area contributed by atoms with Gasteiger partial charge in [-0.1, -0.05) is 97.1 Å². The van der Waals surface area contributed by atoms with Crippen LogP contribution in [0.15, 0.2) is 164 Å². The lowest BCUT2D eigenvalue weighted by Crippen LogP contribution is -1.96. The van der Waals surface area contributed by atoms with Gasteiger partial charge in [0, 0.05) is 43.7 Å². The maximum absolute atomic E-state index is 2.47. The number of aromatic nitrogens is 3. The highest BCUT2D eigenvalue weighted by Gasteiger charge is 2.23. The van der Waals surface area contributed by atoms with Gasteiger partial charge in [-0.05, 0) is 66.7 Å². The van der Waals surface area contributed by atoms with Crippen molar-refractivity contribution in [1.29, 1.82) is 0 Å². The van der Waals surface area contributed by atoms with Crippen LogP contribution in [-0.4, -0.2) is 13.7 Å². The van der Waals surface area contributed by atoms with Gasteiger partial charge in [0.2, 0.25) is 0 Å². The van der Waals surface area contributed by atoms with Gasteiger partial charge in [-0.15, -0.1) is 0 Å². The molecule has 10 aromatic rings. The fourth-order valence-corrected chi connectivity index (χ4v) is 7.67. The van der Waals surface area contributed by atoms with E-state index in [0.29, 0.717) is 0 Å². The molecule has 210 valence electrons. The summed E-state index contributed by atoms with van der Waals surface area (Å²) in [6, 6.07) is 59.3. The van der Waals surface area contributed by atoms with Crippen LogP contribution in [0.25, 0.3) is 82.5 Å². The molecule has 0 amide bonds. The first-order chi connectivity index (χ1) is 22.4. The predicted molar refractivity (Wildman–Crippen MR) is 189 cm³/mol. The Morgan fingerprint density at radius 3 is 1.27 bits per heavy atom. The second kappa shape index (κ2) is 9.22. The van der Waals surface area contributed by atoms with E-state index in [1.54, 1.807) is 0 Å². The van der Waals surface area contributed by atoms with Gasteiger partial charge < -0.3 is 13.7 Å². The van der Waals surface area contributed by atoms with Crippen molar-refractivity contribution in [3.63, 3.8) is 0 Å². The number of para-hydroxylation sites is 5. The molecule has 0 fully saturated rings. The summed E-state index contributed by atoms with van der Waals surface area (Å²) in [4.78, 5) is 0. The average Bonchev–Trinajstić information content (AvgIpc) is 3.75. The van der Waals surface area contributed by atoms with E-state index < -0.39 is 0 Å². The van der Waals surface area contributed by atoms with E-state index in [-0.39, 0.29) is 0 Å². The molecule has 0 N–H and O–H groups in total. The van der Waals surface area contributed by atoms with Gasteiger partial charge in [0.1, 0.15) is 0 Å². The summed E-state index contributed by atoms with van der Waals surface area (Å²) in [5.74, 6) is 0. The van der Waals surface area contributed by atoms with Gasteiger partial charge in [0.15, 0.2) is 0 Å². The molecule has 0 aliphatic heterocycles. The van der Waals surface area contributed by atoms with E-state index in [0.717, 1.165) is 11.4 Å². The molecule has 0 aliphatic carbocycles. The normalized spacial score (nSPS) is 12.0. The second-order valence-corrected chi connectivity index (χ2v) is 11.8. The van der Waals surface area contributed by atoms with E-state index >= 15 is 0 Å². The van der Waals surface area contributed by atoms with Crippen LogP contribution < -0.4 is 0 Å². The molecule has 0 aliphatic rings. The van der Waals surface area contributed by atoms with Crippen molar-refractivity contribution >= 4 is 65.4 Å². The van der Waals surface area contributed by atoms with E-state index in [1.165, 1.54) is 71.1 Å². The lowest BCUT2D eigenvalue weighted by Gasteiger charge is -2.11. The summed E-state index contributed by atoms with van der Waals surface area (Å²) in [5, 5.41) is 7.59. The van der Waals surface area contributed by atoms with Gasteiger partial charge in [-0.25, -0.2) is 0 Å². The van der Waals surface area contributed by atoms with Gasteiger partial charge in [-0.2, -0.15) is 0 Å². The van der Waals surface area contributed by atoms with Crippen LogP contribution in [-0.2, 0) is 0 Å². The van der Waals surface area contributed by atoms with E-state index in [9.17, 15) is 0 Å². The van der Waals surface area contributed by atoms with Crippen LogP contribution in [0.2, 0.25) is 0 Å². The summed E-state index contributed by atoms with van der Waals surface area (Å²) in [6.07, 6.45) is 0. The van der Waals surface area contributed by atoms with Crippen molar-refractivity contribution in [1.82, 2.24) is 13.7 Å². The first kappa shape index (κ1) is 24.4. The summed E-state index contributed by atoms with van der Waals surface area (Å²) >= 11 is 0. The Balaban J connectivity index is 1.48. The predicted octanol–water partition coefficient (Wildman–Crippen LogP) is 11.0. The highest BCUT2D eigenvalue weighted by molar-refractivity contribution is 6.30. The number of nitrogens with zero attached hydrogens (tertiary/aromatic N) is 3. The van der Waals surface area contributed by atoms with Crippen LogP contribution in [0.4, 0.5) is 0 Å². The number of rotatable bonds is 3. The Kier molecular flexibility index (Phi) is 5.00. The van der Waals surface area contributed by atoms with Crippen molar-refractivity contribution in [2.45, 2.75) is 0 Å². The first-order valence-corrected chi connectivity index (χ1v) is 15.5. The largest absolute Gasteiger partial charge is 0.309 e. The number of fused-ring (bicyclic) bond motifs is 10. The summed E-state index contributed by atoms with van der Waals surface area (Å²) < 4.78 is 7.33. The molecular formula is C42H27N3. The number of benzene rings is 7. The molecule has 3 heteroatoms. The molecule has 45 heavy (non-hydrogen) atoms. The summed E-state index contributed by atoms with van der Waals surface area (Å²) in [7, 11) is 0. The molecule has 0 atom stereocenters. The third-order valence-corrected chi connectivity index (χ3v) is 9.42. The summed E-state index contributed by atoms with van der Waals surface area (Å²) in [6.45, 7) is 0. The lowest BCUT2D eigenvalue weighted by atomic mass is 10.0. The molecule has 0 saturated heterocycles. The molecule has 3 nitrogen and oxygen atoms in total. The maximum atomic E-state index is 2.47. The highest BCUT2D eigenvalue weighted by Crippen LogP contribution is 2.45. The van der Waals surface area contributed by atoms with Gasteiger partial charge in [-0.3, -0.25) is 0 Å². The van der Waals surface area contributed by atoms with Crippen molar-refractivity contribution in [2.24, 2.45) is 0 Å². The zero-order valence-corrected chi connectivity index (χ0v) is 24.4. The fourth-order valence-electron chi connectivity index (χ4n) is 7.67. The molecule has 0 spiro atoms. The van der Waals surface area contributed by atoms with Crippen molar-refractivity contribution in [3.8, 4) is 17.1 Å².